The average molecular weight is 356 g/mol. The van der Waals surface area contributed by atoms with Crippen molar-refractivity contribution in [2.45, 2.75) is 6.92 Å². The Morgan fingerprint density at radius 1 is 0.962 bits per heavy atom. The van der Waals surface area contributed by atoms with Gasteiger partial charge in [0.1, 0.15) is 0 Å². The molecule has 2 aromatic carbocycles. The number of benzene rings is 2. The molecule has 0 bridgehead atoms. The number of amides is 2. The normalized spacial score (nSPS) is 14.2. The fraction of sp³-hybridized carbons (Fsp3) is 0.300. The van der Waals surface area contributed by atoms with Crippen molar-refractivity contribution in [3.8, 4) is 5.75 Å². The summed E-state index contributed by atoms with van der Waals surface area (Å²) in [7, 11) is 0. The Labute approximate surface area is 152 Å². The predicted octanol–water partition coefficient (Wildman–Crippen LogP) is 2.50. The van der Waals surface area contributed by atoms with Crippen molar-refractivity contribution < 1.29 is 18.7 Å². The van der Waals surface area contributed by atoms with Crippen molar-refractivity contribution in [1.29, 1.82) is 0 Å². The molecular weight excluding hydrogens is 335 g/mol. The molecule has 0 radical (unpaired) electrons. The minimum Gasteiger partial charge on any atom is -0.481 e. The maximum Gasteiger partial charge on any atom is 0.260 e. The van der Waals surface area contributed by atoms with Crippen molar-refractivity contribution in [3.63, 3.8) is 0 Å². The van der Waals surface area contributed by atoms with E-state index in [0.29, 0.717) is 31.7 Å². The molecule has 0 N–H and O–H groups in total. The van der Waals surface area contributed by atoms with E-state index < -0.39 is 5.82 Å². The molecule has 26 heavy (non-hydrogen) atoms. The average Bonchev–Trinajstić information content (AvgIpc) is 2.67. The van der Waals surface area contributed by atoms with Gasteiger partial charge in [0.05, 0.1) is 0 Å². The minimum absolute atomic E-state index is 0.0159. The van der Waals surface area contributed by atoms with Crippen molar-refractivity contribution in [1.82, 2.24) is 9.80 Å². The minimum atomic E-state index is -0.492. The molecule has 1 fully saturated rings. The highest BCUT2D eigenvalue weighted by molar-refractivity contribution is 5.95. The molecule has 5 nitrogen and oxygen atoms in total. The molecule has 0 unspecified atom stereocenters. The van der Waals surface area contributed by atoms with Gasteiger partial charge in [0, 0.05) is 31.7 Å². The van der Waals surface area contributed by atoms with Gasteiger partial charge in [-0.3, -0.25) is 9.59 Å². The van der Waals surface area contributed by atoms with E-state index in [1.807, 2.05) is 31.2 Å². The molecule has 0 aromatic heterocycles. The summed E-state index contributed by atoms with van der Waals surface area (Å²) in [6, 6.07) is 13.5. The number of nitrogens with zero attached hydrogens (tertiary/aromatic N) is 2. The van der Waals surface area contributed by atoms with Crippen molar-refractivity contribution in [2.75, 3.05) is 32.8 Å². The van der Waals surface area contributed by atoms with Gasteiger partial charge in [-0.25, -0.2) is 4.39 Å². The largest absolute Gasteiger partial charge is 0.481 e. The van der Waals surface area contributed by atoms with Crippen LogP contribution in [0.25, 0.3) is 0 Å². The Balaban J connectivity index is 1.52. The standard InChI is InChI=1S/C20H21FN2O3/c1-15-6-2-3-7-16(15)20(25)23-12-10-22(11-13-23)19(24)14-26-18-9-5-4-8-17(18)21/h2-9H,10-14H2,1H3. The molecule has 2 aromatic rings. The van der Waals surface area contributed by atoms with E-state index in [-0.39, 0.29) is 24.2 Å². The quantitative estimate of drug-likeness (QED) is 0.846. The number of piperazine rings is 1. The lowest BCUT2D eigenvalue weighted by atomic mass is 10.1. The fourth-order valence-electron chi connectivity index (χ4n) is 2.93. The molecule has 3 rings (SSSR count). The van der Waals surface area contributed by atoms with Gasteiger partial charge >= 0.3 is 0 Å². The predicted molar refractivity (Wildman–Crippen MR) is 95.6 cm³/mol. The van der Waals surface area contributed by atoms with Crippen molar-refractivity contribution in [3.05, 3.63) is 65.5 Å². The van der Waals surface area contributed by atoms with E-state index in [0.717, 1.165) is 5.56 Å². The number of para-hydroxylation sites is 1. The van der Waals surface area contributed by atoms with Gasteiger partial charge in [0.25, 0.3) is 11.8 Å². The molecule has 6 heteroatoms. The summed E-state index contributed by atoms with van der Waals surface area (Å²) in [4.78, 5) is 28.3. The topological polar surface area (TPSA) is 49.9 Å². The van der Waals surface area contributed by atoms with Crippen molar-refractivity contribution >= 4 is 11.8 Å². The third kappa shape index (κ3) is 4.02. The summed E-state index contributed by atoms with van der Waals surface area (Å²) in [5.74, 6) is -0.655. The molecule has 2 amide bonds. The molecule has 136 valence electrons. The number of halogens is 1. The molecule has 1 aliphatic heterocycles. The second kappa shape index (κ2) is 7.99. The number of rotatable bonds is 4. The molecule has 1 heterocycles. The van der Waals surface area contributed by atoms with Crippen LogP contribution in [0, 0.1) is 12.7 Å². The lowest BCUT2D eigenvalue weighted by Gasteiger charge is -2.35. The first-order chi connectivity index (χ1) is 12.6. The fourth-order valence-corrected chi connectivity index (χ4v) is 2.93. The number of aryl methyl sites for hydroxylation is 1. The van der Waals surface area contributed by atoms with Gasteiger partial charge in [-0.15, -0.1) is 0 Å². The molecule has 0 aliphatic carbocycles. The number of hydrogen-bond acceptors (Lipinski definition) is 3. The van der Waals surface area contributed by atoms with Crippen LogP contribution < -0.4 is 4.74 Å². The SMILES string of the molecule is Cc1ccccc1C(=O)N1CCN(C(=O)COc2ccccc2F)CC1. The molecule has 0 spiro atoms. The highest BCUT2D eigenvalue weighted by Gasteiger charge is 2.25. The highest BCUT2D eigenvalue weighted by Crippen LogP contribution is 2.16. The van der Waals surface area contributed by atoms with Crippen LogP contribution in [0.4, 0.5) is 4.39 Å². The van der Waals surface area contributed by atoms with Gasteiger partial charge in [-0.1, -0.05) is 30.3 Å². The zero-order valence-electron chi connectivity index (χ0n) is 14.7. The van der Waals surface area contributed by atoms with E-state index in [1.54, 1.807) is 21.9 Å². The first-order valence-corrected chi connectivity index (χ1v) is 8.56. The zero-order valence-corrected chi connectivity index (χ0v) is 14.7. The van der Waals surface area contributed by atoms with Crippen LogP contribution in [0.5, 0.6) is 5.75 Å². The summed E-state index contributed by atoms with van der Waals surface area (Å²) >= 11 is 0. The third-order valence-electron chi connectivity index (χ3n) is 4.48. The summed E-state index contributed by atoms with van der Waals surface area (Å²) < 4.78 is 18.8. The number of carbonyl (C=O) groups excluding carboxylic acids is 2. The first kappa shape index (κ1) is 17.9. The Morgan fingerprint density at radius 2 is 1.58 bits per heavy atom. The molecule has 1 saturated heterocycles. The Hall–Kier alpha value is -2.89. The monoisotopic (exact) mass is 356 g/mol. The summed E-state index contributed by atoms with van der Waals surface area (Å²) in [5.41, 5.74) is 1.63. The summed E-state index contributed by atoms with van der Waals surface area (Å²) in [6.07, 6.45) is 0. The number of ether oxygens (including phenoxy) is 1. The smallest absolute Gasteiger partial charge is 0.260 e. The van der Waals surface area contributed by atoms with Gasteiger partial charge in [-0.2, -0.15) is 0 Å². The molecule has 0 saturated carbocycles. The third-order valence-corrected chi connectivity index (χ3v) is 4.48. The second-order valence-electron chi connectivity index (χ2n) is 6.21. The van der Waals surface area contributed by atoms with Crippen LogP contribution in [-0.2, 0) is 4.79 Å². The molecular formula is C20H21FN2O3. The Morgan fingerprint density at radius 3 is 2.27 bits per heavy atom. The lowest BCUT2D eigenvalue weighted by Crippen LogP contribution is -2.51. The summed E-state index contributed by atoms with van der Waals surface area (Å²) in [5, 5.41) is 0. The van der Waals surface area contributed by atoms with Gasteiger partial charge in [0.15, 0.2) is 18.2 Å². The van der Waals surface area contributed by atoms with E-state index in [2.05, 4.69) is 0 Å². The maximum absolute atomic E-state index is 13.5. The van der Waals surface area contributed by atoms with E-state index in [4.69, 9.17) is 4.74 Å². The number of carbonyl (C=O) groups is 2. The van der Waals surface area contributed by atoms with Crippen LogP contribution in [-0.4, -0.2) is 54.4 Å². The van der Waals surface area contributed by atoms with Crippen LogP contribution in [0.15, 0.2) is 48.5 Å². The van der Waals surface area contributed by atoms with E-state index in [9.17, 15) is 14.0 Å². The van der Waals surface area contributed by atoms with Crippen LogP contribution >= 0.6 is 0 Å². The highest BCUT2D eigenvalue weighted by atomic mass is 19.1. The van der Waals surface area contributed by atoms with Gasteiger partial charge in [0.2, 0.25) is 0 Å². The molecule has 0 atom stereocenters. The Kier molecular flexibility index (Phi) is 5.51. The van der Waals surface area contributed by atoms with Crippen LogP contribution in [0.1, 0.15) is 15.9 Å². The van der Waals surface area contributed by atoms with Crippen LogP contribution in [0.3, 0.4) is 0 Å². The first-order valence-electron chi connectivity index (χ1n) is 8.56. The van der Waals surface area contributed by atoms with Crippen LogP contribution in [0.2, 0.25) is 0 Å². The van der Waals surface area contributed by atoms with E-state index in [1.165, 1.54) is 12.1 Å². The van der Waals surface area contributed by atoms with Gasteiger partial charge < -0.3 is 14.5 Å². The van der Waals surface area contributed by atoms with E-state index >= 15 is 0 Å². The maximum atomic E-state index is 13.5. The number of hydrogen-bond donors (Lipinski definition) is 0. The lowest BCUT2D eigenvalue weighted by molar-refractivity contribution is -0.134. The second-order valence-corrected chi connectivity index (χ2v) is 6.21. The zero-order chi connectivity index (χ0) is 18.5. The molecule has 1 aliphatic rings. The van der Waals surface area contributed by atoms with Crippen molar-refractivity contribution in [2.24, 2.45) is 0 Å². The van der Waals surface area contributed by atoms with Gasteiger partial charge in [-0.05, 0) is 30.7 Å². The Bertz CT molecular complexity index is 801. The summed E-state index contributed by atoms with van der Waals surface area (Å²) in [6.45, 7) is 3.52.